The summed E-state index contributed by atoms with van der Waals surface area (Å²) in [5.74, 6) is -1.51. The van der Waals surface area contributed by atoms with Crippen LogP contribution in [0.15, 0.2) is 91.0 Å². The third kappa shape index (κ3) is 6.50. The first-order valence-corrected chi connectivity index (χ1v) is 13.2. The minimum absolute atomic E-state index is 0.0822. The van der Waals surface area contributed by atoms with E-state index in [0.29, 0.717) is 6.42 Å². The highest BCUT2D eigenvalue weighted by Crippen LogP contribution is 2.55. The molecule has 172 valence electrons. The molecule has 33 heavy (non-hydrogen) atoms. The van der Waals surface area contributed by atoms with Gasteiger partial charge < -0.3 is 15.6 Å². The SMILES string of the molecule is N[C@@H](CCC(=O)O)C(=O)OCCCC[P+](c1ccccc1)(c1ccccc1)c1ccccc1. The summed E-state index contributed by atoms with van der Waals surface area (Å²) in [6.07, 6.45) is 2.48. The first kappa shape index (κ1) is 24.6. The lowest BCUT2D eigenvalue weighted by Gasteiger charge is -2.27. The number of nitrogens with two attached hydrogens (primary N) is 1. The van der Waals surface area contributed by atoms with Crippen LogP contribution in [0.5, 0.6) is 0 Å². The number of rotatable bonds is 12. The first-order valence-electron chi connectivity index (χ1n) is 11.2. The monoisotopic (exact) mass is 464 g/mol. The molecular formula is C27H31NO4P+. The molecule has 0 saturated heterocycles. The molecule has 0 amide bonds. The summed E-state index contributed by atoms with van der Waals surface area (Å²) in [6, 6.07) is 31.1. The molecule has 3 aromatic rings. The number of unbranched alkanes of at least 4 members (excludes halogenated alkanes) is 1. The van der Waals surface area contributed by atoms with Gasteiger partial charge in [0.25, 0.3) is 0 Å². The van der Waals surface area contributed by atoms with Gasteiger partial charge in [-0.05, 0) is 55.7 Å². The molecule has 0 saturated carbocycles. The van der Waals surface area contributed by atoms with Gasteiger partial charge in [-0.25, -0.2) is 0 Å². The van der Waals surface area contributed by atoms with Gasteiger partial charge in [0, 0.05) is 6.42 Å². The van der Waals surface area contributed by atoms with E-state index < -0.39 is 25.2 Å². The van der Waals surface area contributed by atoms with E-state index in [1.54, 1.807) is 0 Å². The van der Waals surface area contributed by atoms with Crippen molar-refractivity contribution in [3.63, 3.8) is 0 Å². The number of hydrogen-bond donors (Lipinski definition) is 2. The predicted molar refractivity (Wildman–Crippen MR) is 135 cm³/mol. The summed E-state index contributed by atoms with van der Waals surface area (Å²) in [5, 5.41) is 12.7. The van der Waals surface area contributed by atoms with E-state index >= 15 is 0 Å². The average Bonchev–Trinajstić information content (AvgIpc) is 2.86. The molecule has 3 N–H and O–H groups in total. The zero-order chi connectivity index (χ0) is 23.5. The lowest BCUT2D eigenvalue weighted by Crippen LogP contribution is -2.34. The minimum atomic E-state index is -1.89. The highest BCUT2D eigenvalue weighted by atomic mass is 31.2. The average molecular weight is 465 g/mol. The van der Waals surface area contributed by atoms with Crippen molar-refractivity contribution in [2.24, 2.45) is 5.73 Å². The normalized spacial score (nSPS) is 12.2. The molecule has 0 aliphatic rings. The van der Waals surface area contributed by atoms with Crippen molar-refractivity contribution in [1.82, 2.24) is 0 Å². The van der Waals surface area contributed by atoms with Crippen molar-refractivity contribution in [2.75, 3.05) is 12.8 Å². The molecule has 6 heteroatoms. The van der Waals surface area contributed by atoms with Crippen LogP contribution < -0.4 is 21.6 Å². The Morgan fingerprint density at radius 3 is 1.67 bits per heavy atom. The van der Waals surface area contributed by atoms with E-state index in [1.165, 1.54) is 15.9 Å². The number of hydrogen-bond acceptors (Lipinski definition) is 4. The Morgan fingerprint density at radius 1 is 0.788 bits per heavy atom. The van der Waals surface area contributed by atoms with Crippen molar-refractivity contribution < 1.29 is 19.4 Å². The summed E-state index contributed by atoms with van der Waals surface area (Å²) in [5.41, 5.74) is 5.75. The molecule has 0 aliphatic heterocycles. The van der Waals surface area contributed by atoms with Gasteiger partial charge >= 0.3 is 11.9 Å². The summed E-state index contributed by atoms with van der Waals surface area (Å²) in [4.78, 5) is 22.7. The second-order valence-corrected chi connectivity index (χ2v) is 11.6. The van der Waals surface area contributed by atoms with Crippen LogP contribution in [-0.4, -0.2) is 35.9 Å². The standard InChI is InChI=1S/C27H30NO4P/c28-25(18-19-26(29)30)27(31)32-20-10-11-21-33(22-12-4-1-5-13-22,23-14-6-2-7-15-23)24-16-8-3-9-17-24/h1-9,12-17,25H,10-11,18-21,28H2/p+1/t25-/m0/s1. The van der Waals surface area contributed by atoms with Gasteiger partial charge in [-0.3, -0.25) is 9.59 Å². The molecule has 0 bridgehead atoms. The lowest BCUT2D eigenvalue weighted by atomic mass is 10.2. The largest absolute Gasteiger partial charge is 0.481 e. The van der Waals surface area contributed by atoms with Crippen LogP contribution in [0.3, 0.4) is 0 Å². The molecule has 0 aromatic heterocycles. The smallest absolute Gasteiger partial charge is 0.322 e. The fourth-order valence-corrected chi connectivity index (χ4v) is 8.42. The molecule has 0 aliphatic carbocycles. The Labute approximate surface area is 195 Å². The molecule has 0 unspecified atom stereocenters. The van der Waals surface area contributed by atoms with Gasteiger partial charge in [0.05, 0.1) is 12.8 Å². The van der Waals surface area contributed by atoms with Gasteiger partial charge in [0.15, 0.2) is 0 Å². The third-order valence-corrected chi connectivity index (χ3v) is 10.2. The number of aliphatic carboxylic acids is 1. The quantitative estimate of drug-likeness (QED) is 0.243. The summed E-state index contributed by atoms with van der Waals surface area (Å²) >= 11 is 0. The van der Waals surface area contributed by atoms with E-state index in [4.69, 9.17) is 15.6 Å². The third-order valence-electron chi connectivity index (χ3n) is 5.70. The van der Waals surface area contributed by atoms with Crippen LogP contribution in [0, 0.1) is 0 Å². The fraction of sp³-hybridized carbons (Fsp3) is 0.259. The van der Waals surface area contributed by atoms with E-state index in [1.807, 2.05) is 18.2 Å². The second-order valence-electron chi connectivity index (χ2n) is 7.95. The Kier molecular flexibility index (Phi) is 9.17. The second kappa shape index (κ2) is 12.3. The topological polar surface area (TPSA) is 89.6 Å². The fourth-order valence-electron chi connectivity index (χ4n) is 4.01. The van der Waals surface area contributed by atoms with Crippen molar-refractivity contribution >= 4 is 35.1 Å². The molecule has 0 spiro atoms. The molecule has 3 aromatic carbocycles. The van der Waals surface area contributed by atoms with Crippen molar-refractivity contribution in [3.05, 3.63) is 91.0 Å². The molecule has 3 rings (SSSR count). The highest BCUT2D eigenvalue weighted by molar-refractivity contribution is 7.95. The Morgan fingerprint density at radius 2 is 1.24 bits per heavy atom. The van der Waals surface area contributed by atoms with Crippen LogP contribution in [-0.2, 0) is 14.3 Å². The lowest BCUT2D eigenvalue weighted by molar-refractivity contribution is -0.145. The van der Waals surface area contributed by atoms with Gasteiger partial charge in [0.1, 0.15) is 29.2 Å². The maximum Gasteiger partial charge on any atom is 0.322 e. The van der Waals surface area contributed by atoms with E-state index in [0.717, 1.165) is 12.6 Å². The van der Waals surface area contributed by atoms with E-state index in [-0.39, 0.29) is 19.4 Å². The maximum atomic E-state index is 12.0. The van der Waals surface area contributed by atoms with Crippen molar-refractivity contribution in [1.29, 1.82) is 0 Å². The number of carbonyl (C=O) groups is 2. The van der Waals surface area contributed by atoms with Gasteiger partial charge in [-0.2, -0.15) is 0 Å². The van der Waals surface area contributed by atoms with Crippen LogP contribution in [0.1, 0.15) is 25.7 Å². The van der Waals surface area contributed by atoms with Crippen LogP contribution >= 0.6 is 7.26 Å². The molecule has 1 atom stereocenters. The summed E-state index contributed by atoms with van der Waals surface area (Å²) in [6.45, 7) is 0.276. The number of carbonyl (C=O) groups excluding carboxylic acids is 1. The number of esters is 1. The zero-order valence-electron chi connectivity index (χ0n) is 18.7. The molecule has 0 fully saturated rings. The van der Waals surface area contributed by atoms with Gasteiger partial charge in [-0.15, -0.1) is 0 Å². The Balaban J connectivity index is 1.75. The molecule has 0 heterocycles. The van der Waals surface area contributed by atoms with Crippen molar-refractivity contribution in [3.8, 4) is 0 Å². The number of carboxylic acid groups (broad SMARTS) is 1. The number of carboxylic acids is 1. The minimum Gasteiger partial charge on any atom is -0.481 e. The van der Waals surface area contributed by atoms with Crippen LogP contribution in [0.4, 0.5) is 0 Å². The van der Waals surface area contributed by atoms with Crippen LogP contribution in [0.2, 0.25) is 0 Å². The predicted octanol–water partition coefficient (Wildman–Crippen LogP) is 3.50. The summed E-state index contributed by atoms with van der Waals surface area (Å²) in [7, 11) is -1.89. The number of ether oxygens (including phenoxy) is 1. The molecular weight excluding hydrogens is 433 g/mol. The summed E-state index contributed by atoms with van der Waals surface area (Å²) < 4.78 is 5.32. The Bertz CT molecular complexity index is 915. The van der Waals surface area contributed by atoms with E-state index in [2.05, 4.69) is 72.8 Å². The van der Waals surface area contributed by atoms with Crippen LogP contribution in [0.25, 0.3) is 0 Å². The van der Waals surface area contributed by atoms with Crippen molar-refractivity contribution in [2.45, 2.75) is 31.7 Å². The maximum absolute atomic E-state index is 12.0. The zero-order valence-corrected chi connectivity index (χ0v) is 19.6. The van der Waals surface area contributed by atoms with Gasteiger partial charge in [0.2, 0.25) is 0 Å². The van der Waals surface area contributed by atoms with Gasteiger partial charge in [-0.1, -0.05) is 54.6 Å². The highest BCUT2D eigenvalue weighted by Gasteiger charge is 2.44. The molecule has 0 radical (unpaired) electrons. The number of benzene rings is 3. The van der Waals surface area contributed by atoms with E-state index in [9.17, 15) is 9.59 Å². The first-order chi connectivity index (χ1) is 16.0. The molecule has 5 nitrogen and oxygen atoms in total. The Hall–Kier alpha value is -3.01.